The Morgan fingerprint density at radius 1 is 1.10 bits per heavy atom. The third kappa shape index (κ3) is 2.51. The first-order valence-corrected chi connectivity index (χ1v) is 7.86. The summed E-state index contributed by atoms with van der Waals surface area (Å²) in [6, 6.07) is 10.9. The molecule has 0 saturated heterocycles. The van der Waals surface area contributed by atoms with Crippen molar-refractivity contribution in [2.45, 2.75) is 52.9 Å². The van der Waals surface area contributed by atoms with Gasteiger partial charge in [-0.25, -0.2) is 0 Å². The summed E-state index contributed by atoms with van der Waals surface area (Å²) in [5.41, 5.74) is 3.36. The molecule has 1 heterocycles. The first-order chi connectivity index (χ1) is 9.27. The van der Waals surface area contributed by atoms with Gasteiger partial charge >= 0.3 is 0 Å². The number of aromatic nitrogens is 1. The van der Waals surface area contributed by atoms with Crippen LogP contribution in [-0.2, 0) is 5.41 Å². The monoisotopic (exact) mass is 269 g/mol. The maximum Gasteiger partial charge on any atom is 0.0456 e. The molecule has 2 unspecified atom stereocenters. The van der Waals surface area contributed by atoms with Crippen LogP contribution in [-0.4, -0.2) is 4.98 Å². The highest BCUT2D eigenvalue weighted by molar-refractivity contribution is 5.80. The lowest BCUT2D eigenvalue weighted by molar-refractivity contribution is 0.307. The maximum absolute atomic E-state index is 3.62. The molecule has 1 heteroatoms. The summed E-state index contributed by atoms with van der Waals surface area (Å²) in [6.07, 6.45) is 2.70. The molecule has 1 saturated carbocycles. The lowest BCUT2D eigenvalue weighted by atomic mass is 9.80. The van der Waals surface area contributed by atoms with Crippen molar-refractivity contribution in [1.82, 2.24) is 4.98 Å². The minimum absolute atomic E-state index is 0.240. The van der Waals surface area contributed by atoms with Crippen LogP contribution in [0.5, 0.6) is 0 Å². The fourth-order valence-corrected chi connectivity index (χ4v) is 3.74. The average molecular weight is 269 g/mol. The second-order valence-electron chi connectivity index (χ2n) is 8.33. The van der Waals surface area contributed by atoms with Gasteiger partial charge in [-0.3, -0.25) is 0 Å². The molecule has 2 atom stereocenters. The summed E-state index contributed by atoms with van der Waals surface area (Å²) in [5.74, 6) is 1.81. The number of rotatable bonds is 3. The number of para-hydroxylation sites is 1. The Hall–Kier alpha value is -1.24. The van der Waals surface area contributed by atoms with Gasteiger partial charge in [0.25, 0.3) is 0 Å². The molecule has 0 aliphatic heterocycles. The number of fused-ring (bicyclic) bond motifs is 1. The summed E-state index contributed by atoms with van der Waals surface area (Å²) >= 11 is 0. The van der Waals surface area contributed by atoms with Gasteiger partial charge < -0.3 is 4.98 Å². The fraction of sp³-hybridized carbons (Fsp3) is 0.579. The summed E-state index contributed by atoms with van der Waals surface area (Å²) < 4.78 is 0. The van der Waals surface area contributed by atoms with E-state index in [0.29, 0.717) is 5.41 Å². The van der Waals surface area contributed by atoms with Crippen molar-refractivity contribution in [3.63, 3.8) is 0 Å². The molecule has 0 radical (unpaired) electrons. The third-order valence-electron chi connectivity index (χ3n) is 5.07. The van der Waals surface area contributed by atoms with Crippen LogP contribution in [0, 0.1) is 17.3 Å². The van der Waals surface area contributed by atoms with Gasteiger partial charge in [0.15, 0.2) is 0 Å². The van der Waals surface area contributed by atoms with Crippen LogP contribution < -0.4 is 0 Å². The van der Waals surface area contributed by atoms with Gasteiger partial charge in [0.1, 0.15) is 0 Å². The molecule has 1 aliphatic carbocycles. The lowest BCUT2D eigenvalue weighted by Gasteiger charge is -2.25. The van der Waals surface area contributed by atoms with E-state index >= 15 is 0 Å². The average Bonchev–Trinajstić information content (AvgIpc) is 2.97. The van der Waals surface area contributed by atoms with Gasteiger partial charge in [0.2, 0.25) is 0 Å². The normalized spacial score (nSPS) is 23.2. The van der Waals surface area contributed by atoms with Gasteiger partial charge in [-0.2, -0.15) is 0 Å². The van der Waals surface area contributed by atoms with Crippen LogP contribution in [0.1, 0.15) is 53.2 Å². The molecule has 3 rings (SSSR count). The molecule has 1 aromatic carbocycles. The zero-order chi connectivity index (χ0) is 14.5. The van der Waals surface area contributed by atoms with Crippen molar-refractivity contribution in [2.24, 2.45) is 17.3 Å². The molecule has 1 fully saturated rings. The van der Waals surface area contributed by atoms with Crippen LogP contribution in [0.25, 0.3) is 10.9 Å². The van der Waals surface area contributed by atoms with Gasteiger partial charge in [-0.05, 0) is 47.6 Å². The lowest BCUT2D eigenvalue weighted by Crippen LogP contribution is -2.20. The molecular formula is C19H27N. The van der Waals surface area contributed by atoms with Gasteiger partial charge in [0.05, 0.1) is 0 Å². The molecule has 1 N–H and O–H groups in total. The van der Waals surface area contributed by atoms with E-state index in [4.69, 9.17) is 0 Å². The molecule has 108 valence electrons. The Morgan fingerprint density at radius 3 is 2.40 bits per heavy atom. The molecular weight excluding hydrogens is 242 g/mol. The minimum atomic E-state index is 0.240. The van der Waals surface area contributed by atoms with Crippen molar-refractivity contribution in [3.05, 3.63) is 36.0 Å². The zero-order valence-corrected chi connectivity index (χ0v) is 13.5. The molecule has 1 aromatic heterocycles. The van der Waals surface area contributed by atoms with Crippen LogP contribution in [0.2, 0.25) is 0 Å². The molecule has 0 bridgehead atoms. The number of hydrogen-bond donors (Lipinski definition) is 1. The van der Waals surface area contributed by atoms with Gasteiger partial charge in [0, 0.05) is 16.6 Å². The molecule has 0 spiro atoms. The summed E-state index contributed by atoms with van der Waals surface area (Å²) in [4.78, 5) is 3.62. The van der Waals surface area contributed by atoms with E-state index in [1.165, 1.54) is 29.4 Å². The Morgan fingerprint density at radius 2 is 1.80 bits per heavy atom. The highest BCUT2D eigenvalue weighted by Crippen LogP contribution is 2.55. The summed E-state index contributed by atoms with van der Waals surface area (Å²) in [6.45, 7) is 11.9. The quantitative estimate of drug-likeness (QED) is 0.755. The first-order valence-electron chi connectivity index (χ1n) is 7.86. The Balaban J connectivity index is 1.78. The van der Waals surface area contributed by atoms with Crippen molar-refractivity contribution in [2.75, 3.05) is 0 Å². The standard InChI is InChI=1S/C19H27N/c1-18(2,3)15-10-14(15)12-19(4,5)17-11-13-8-6-7-9-16(13)20-17/h6-9,11,14-15,20H,10,12H2,1-5H3. The maximum atomic E-state index is 3.62. The van der Waals surface area contributed by atoms with Crippen LogP contribution in [0.15, 0.2) is 30.3 Å². The van der Waals surface area contributed by atoms with Crippen molar-refractivity contribution in [1.29, 1.82) is 0 Å². The van der Waals surface area contributed by atoms with E-state index in [2.05, 4.69) is 69.9 Å². The predicted octanol–water partition coefficient (Wildman–Crippen LogP) is 5.52. The van der Waals surface area contributed by atoms with Gasteiger partial charge in [-0.15, -0.1) is 0 Å². The molecule has 1 aliphatic rings. The summed E-state index contributed by atoms with van der Waals surface area (Å²) in [5, 5.41) is 1.33. The number of nitrogens with one attached hydrogen (secondary N) is 1. The SMILES string of the molecule is CC(C)(CC1CC1C(C)(C)C)c1cc2ccccc2[nH]1. The van der Waals surface area contributed by atoms with E-state index in [-0.39, 0.29) is 5.41 Å². The Bertz CT molecular complexity index is 579. The largest absolute Gasteiger partial charge is 0.358 e. The molecule has 20 heavy (non-hydrogen) atoms. The third-order valence-corrected chi connectivity index (χ3v) is 5.07. The second kappa shape index (κ2) is 4.38. The highest BCUT2D eigenvalue weighted by Gasteiger charge is 2.47. The predicted molar refractivity (Wildman–Crippen MR) is 87.0 cm³/mol. The van der Waals surface area contributed by atoms with Crippen LogP contribution in [0.4, 0.5) is 0 Å². The summed E-state index contributed by atoms with van der Waals surface area (Å²) in [7, 11) is 0. The van der Waals surface area contributed by atoms with Crippen molar-refractivity contribution < 1.29 is 0 Å². The van der Waals surface area contributed by atoms with Crippen molar-refractivity contribution in [3.8, 4) is 0 Å². The molecule has 0 amide bonds. The second-order valence-corrected chi connectivity index (χ2v) is 8.33. The van der Waals surface area contributed by atoms with Crippen molar-refractivity contribution >= 4 is 10.9 Å². The fourth-order valence-electron chi connectivity index (χ4n) is 3.74. The topological polar surface area (TPSA) is 15.8 Å². The zero-order valence-electron chi connectivity index (χ0n) is 13.5. The molecule has 2 aromatic rings. The Kier molecular flexibility index (Phi) is 3.00. The first kappa shape index (κ1) is 13.7. The van der Waals surface area contributed by atoms with E-state index in [0.717, 1.165) is 11.8 Å². The number of aromatic amines is 1. The van der Waals surface area contributed by atoms with E-state index in [9.17, 15) is 0 Å². The van der Waals surface area contributed by atoms with Gasteiger partial charge in [-0.1, -0.05) is 52.8 Å². The Labute approximate surface area is 122 Å². The smallest absolute Gasteiger partial charge is 0.0456 e. The minimum Gasteiger partial charge on any atom is -0.358 e. The number of H-pyrrole nitrogens is 1. The van der Waals surface area contributed by atoms with E-state index < -0.39 is 0 Å². The number of benzene rings is 1. The van der Waals surface area contributed by atoms with Crippen LogP contribution in [0.3, 0.4) is 0 Å². The van der Waals surface area contributed by atoms with E-state index in [1.807, 2.05) is 0 Å². The molecule has 1 nitrogen and oxygen atoms in total. The van der Waals surface area contributed by atoms with E-state index in [1.54, 1.807) is 0 Å². The number of hydrogen-bond acceptors (Lipinski definition) is 0. The highest BCUT2D eigenvalue weighted by atomic mass is 14.7. The van der Waals surface area contributed by atoms with Crippen LogP contribution >= 0.6 is 0 Å².